The summed E-state index contributed by atoms with van der Waals surface area (Å²) in [6.45, 7) is 3.57. The number of Topliss-reactive ketones (excluding diaryl/α,β-unsaturated/α-hetero) is 1. The molecule has 0 atom stereocenters. The van der Waals surface area contributed by atoms with E-state index in [9.17, 15) is 9.59 Å². The van der Waals surface area contributed by atoms with Gasteiger partial charge in [0.15, 0.2) is 5.76 Å². The highest BCUT2D eigenvalue weighted by molar-refractivity contribution is 6.40. The summed E-state index contributed by atoms with van der Waals surface area (Å²) < 4.78 is 10.0. The van der Waals surface area contributed by atoms with Crippen LogP contribution in [-0.4, -0.2) is 18.4 Å². The van der Waals surface area contributed by atoms with Crippen molar-refractivity contribution in [3.8, 4) is 0 Å². The third kappa shape index (κ3) is 1.93. The summed E-state index contributed by atoms with van der Waals surface area (Å²) >= 11 is 0. The zero-order chi connectivity index (χ0) is 12.4. The van der Waals surface area contributed by atoms with Crippen LogP contribution in [0.1, 0.15) is 23.0 Å². The van der Waals surface area contributed by atoms with Crippen LogP contribution in [0.4, 0.5) is 0 Å². The van der Waals surface area contributed by atoms with Gasteiger partial charge in [-0.3, -0.25) is 4.79 Å². The zero-order valence-electron chi connectivity index (χ0n) is 9.65. The van der Waals surface area contributed by atoms with Crippen LogP contribution in [0.15, 0.2) is 28.7 Å². The molecule has 0 fully saturated rings. The van der Waals surface area contributed by atoms with Gasteiger partial charge in [-0.2, -0.15) is 0 Å². The van der Waals surface area contributed by atoms with E-state index >= 15 is 0 Å². The molecule has 4 heteroatoms. The predicted molar refractivity (Wildman–Crippen MR) is 61.9 cm³/mol. The van der Waals surface area contributed by atoms with Gasteiger partial charge in [-0.1, -0.05) is 18.2 Å². The molecule has 1 aromatic heterocycles. The lowest BCUT2D eigenvalue weighted by Gasteiger charge is -1.98. The molecule has 88 valence electrons. The second-order valence-corrected chi connectivity index (χ2v) is 3.60. The maximum absolute atomic E-state index is 11.8. The number of ketones is 1. The number of fused-ring (bicyclic) bond motifs is 1. The van der Waals surface area contributed by atoms with Gasteiger partial charge in [0.25, 0.3) is 0 Å². The van der Waals surface area contributed by atoms with Crippen LogP contribution in [0.3, 0.4) is 0 Å². The lowest BCUT2D eigenvalue weighted by molar-refractivity contribution is -0.137. The molecule has 4 nitrogen and oxygen atoms in total. The van der Waals surface area contributed by atoms with Crippen LogP contribution in [0.25, 0.3) is 11.0 Å². The molecule has 0 saturated heterocycles. The largest absolute Gasteiger partial charge is 0.460 e. The van der Waals surface area contributed by atoms with E-state index in [0.29, 0.717) is 11.1 Å². The molecule has 0 radical (unpaired) electrons. The Morgan fingerprint density at radius 3 is 2.65 bits per heavy atom. The SMILES string of the molecule is CCOC(=O)C(=O)c1oc2ccccc2c1C. The van der Waals surface area contributed by atoms with Gasteiger partial charge in [0, 0.05) is 10.9 Å². The molecule has 0 N–H and O–H groups in total. The van der Waals surface area contributed by atoms with Crippen LogP contribution < -0.4 is 0 Å². The minimum Gasteiger partial charge on any atom is -0.460 e. The Kier molecular flexibility index (Phi) is 2.95. The van der Waals surface area contributed by atoms with Crippen molar-refractivity contribution in [1.29, 1.82) is 0 Å². The quantitative estimate of drug-likeness (QED) is 0.463. The molecule has 0 aliphatic rings. The van der Waals surface area contributed by atoms with Crippen LogP contribution in [0, 0.1) is 6.92 Å². The number of hydrogen-bond donors (Lipinski definition) is 0. The standard InChI is InChI=1S/C13H12O4/c1-3-16-13(15)11(14)12-8(2)9-6-4-5-7-10(9)17-12/h4-7H,3H2,1-2H3. The van der Waals surface area contributed by atoms with Crippen molar-refractivity contribution >= 4 is 22.7 Å². The van der Waals surface area contributed by atoms with Gasteiger partial charge in [-0.05, 0) is 19.9 Å². The number of ether oxygens (including phenoxy) is 1. The maximum Gasteiger partial charge on any atom is 0.383 e. The summed E-state index contributed by atoms with van der Waals surface area (Å²) in [5.41, 5.74) is 1.26. The van der Waals surface area contributed by atoms with Crippen molar-refractivity contribution in [1.82, 2.24) is 0 Å². The Morgan fingerprint density at radius 1 is 1.29 bits per heavy atom. The van der Waals surface area contributed by atoms with E-state index < -0.39 is 11.8 Å². The average Bonchev–Trinajstić information content (AvgIpc) is 2.67. The molecule has 0 unspecified atom stereocenters. The number of hydrogen-bond acceptors (Lipinski definition) is 4. The topological polar surface area (TPSA) is 56.5 Å². The normalized spacial score (nSPS) is 10.5. The molecular weight excluding hydrogens is 220 g/mol. The average molecular weight is 232 g/mol. The molecule has 17 heavy (non-hydrogen) atoms. The van der Waals surface area contributed by atoms with E-state index in [1.54, 1.807) is 19.9 Å². The lowest BCUT2D eigenvalue weighted by atomic mass is 10.1. The summed E-state index contributed by atoms with van der Waals surface area (Å²) in [7, 11) is 0. The van der Waals surface area contributed by atoms with Crippen molar-refractivity contribution in [2.75, 3.05) is 6.61 Å². The first-order valence-electron chi connectivity index (χ1n) is 5.34. The van der Waals surface area contributed by atoms with Crippen molar-refractivity contribution in [2.45, 2.75) is 13.8 Å². The Morgan fingerprint density at radius 2 is 2.00 bits per heavy atom. The smallest absolute Gasteiger partial charge is 0.383 e. The Labute approximate surface area is 98.2 Å². The summed E-state index contributed by atoms with van der Waals surface area (Å²) in [5, 5.41) is 0.833. The Bertz CT molecular complexity index is 580. The van der Waals surface area contributed by atoms with Crippen LogP contribution >= 0.6 is 0 Å². The van der Waals surface area contributed by atoms with Crippen molar-refractivity contribution in [2.24, 2.45) is 0 Å². The van der Waals surface area contributed by atoms with Gasteiger partial charge in [0.2, 0.25) is 0 Å². The highest BCUT2D eigenvalue weighted by atomic mass is 16.5. The highest BCUT2D eigenvalue weighted by Crippen LogP contribution is 2.25. The fourth-order valence-electron chi connectivity index (χ4n) is 1.68. The van der Waals surface area contributed by atoms with Crippen LogP contribution in [-0.2, 0) is 9.53 Å². The van der Waals surface area contributed by atoms with Crippen LogP contribution in [0.2, 0.25) is 0 Å². The third-order valence-corrected chi connectivity index (χ3v) is 2.51. The van der Waals surface area contributed by atoms with Gasteiger partial charge < -0.3 is 9.15 Å². The molecule has 0 amide bonds. The van der Waals surface area contributed by atoms with E-state index in [2.05, 4.69) is 4.74 Å². The first kappa shape index (κ1) is 11.4. The van der Waals surface area contributed by atoms with Crippen LogP contribution in [0.5, 0.6) is 0 Å². The number of para-hydroxylation sites is 1. The monoisotopic (exact) mass is 232 g/mol. The molecule has 1 aromatic carbocycles. The number of furan rings is 1. The fourth-order valence-corrected chi connectivity index (χ4v) is 1.68. The Balaban J connectivity index is 2.46. The number of carbonyl (C=O) groups excluding carboxylic acids is 2. The van der Waals surface area contributed by atoms with Gasteiger partial charge in [0.05, 0.1) is 6.61 Å². The van der Waals surface area contributed by atoms with E-state index in [4.69, 9.17) is 4.42 Å². The second-order valence-electron chi connectivity index (χ2n) is 3.60. The predicted octanol–water partition coefficient (Wildman–Crippen LogP) is 2.49. The van der Waals surface area contributed by atoms with E-state index in [-0.39, 0.29) is 12.4 Å². The zero-order valence-corrected chi connectivity index (χ0v) is 9.65. The molecule has 0 bridgehead atoms. The summed E-state index contributed by atoms with van der Waals surface area (Å²) in [6, 6.07) is 7.26. The first-order valence-corrected chi connectivity index (χ1v) is 5.34. The first-order chi connectivity index (χ1) is 8.15. The van der Waals surface area contributed by atoms with E-state index in [0.717, 1.165) is 5.39 Å². The molecule has 0 aliphatic carbocycles. The number of aryl methyl sites for hydroxylation is 1. The molecular formula is C13H12O4. The number of carbonyl (C=O) groups is 2. The molecule has 0 spiro atoms. The highest BCUT2D eigenvalue weighted by Gasteiger charge is 2.24. The second kappa shape index (κ2) is 4.41. The molecule has 0 saturated carbocycles. The summed E-state index contributed by atoms with van der Waals surface area (Å²) in [5.74, 6) is -1.56. The number of rotatable bonds is 3. The molecule has 0 aliphatic heterocycles. The lowest BCUT2D eigenvalue weighted by Crippen LogP contribution is -2.17. The van der Waals surface area contributed by atoms with Gasteiger partial charge >= 0.3 is 11.8 Å². The minimum absolute atomic E-state index is 0.0599. The van der Waals surface area contributed by atoms with Crippen molar-refractivity contribution in [3.05, 3.63) is 35.6 Å². The number of benzene rings is 1. The summed E-state index contributed by atoms with van der Waals surface area (Å²) in [6.07, 6.45) is 0. The van der Waals surface area contributed by atoms with Gasteiger partial charge in [-0.25, -0.2) is 4.79 Å². The third-order valence-electron chi connectivity index (χ3n) is 2.51. The van der Waals surface area contributed by atoms with Gasteiger partial charge in [-0.15, -0.1) is 0 Å². The maximum atomic E-state index is 11.8. The Hall–Kier alpha value is -2.10. The molecule has 1 heterocycles. The van der Waals surface area contributed by atoms with Crippen molar-refractivity contribution in [3.63, 3.8) is 0 Å². The molecule has 2 rings (SSSR count). The van der Waals surface area contributed by atoms with E-state index in [1.807, 2.05) is 18.2 Å². The van der Waals surface area contributed by atoms with E-state index in [1.165, 1.54) is 0 Å². The number of esters is 1. The van der Waals surface area contributed by atoms with Gasteiger partial charge in [0.1, 0.15) is 5.58 Å². The fraction of sp³-hybridized carbons (Fsp3) is 0.231. The van der Waals surface area contributed by atoms with Crippen molar-refractivity contribution < 1.29 is 18.7 Å². The minimum atomic E-state index is -0.880. The molecule has 2 aromatic rings. The summed E-state index contributed by atoms with van der Waals surface area (Å²) in [4.78, 5) is 23.1.